The molecule has 0 aliphatic carbocycles. The van der Waals surface area contributed by atoms with E-state index in [9.17, 15) is 0 Å². The second-order valence-corrected chi connectivity index (χ2v) is 16.5. The van der Waals surface area contributed by atoms with Gasteiger partial charge in [-0.2, -0.15) is 0 Å². The van der Waals surface area contributed by atoms with E-state index in [1.165, 1.54) is 48.9 Å². The molecule has 9 aromatic carbocycles. The lowest BCUT2D eigenvalue weighted by Gasteiger charge is -2.10. The Balaban J connectivity index is 1.00. The van der Waals surface area contributed by atoms with Gasteiger partial charge >= 0.3 is 0 Å². The highest BCUT2D eigenvalue weighted by Gasteiger charge is 2.21. The minimum absolute atomic E-state index is 0.560. The zero-order valence-corrected chi connectivity index (χ0v) is 34.2. The van der Waals surface area contributed by atoms with E-state index >= 15 is 0 Å². The molecule has 12 aromatic rings. The first-order valence-electron chi connectivity index (χ1n) is 20.8. The lowest BCUT2D eigenvalue weighted by atomic mass is 9.94. The minimum Gasteiger partial charge on any atom is -0.455 e. The van der Waals surface area contributed by atoms with Crippen molar-refractivity contribution in [3.05, 3.63) is 212 Å². The van der Waals surface area contributed by atoms with E-state index in [1.807, 2.05) is 24.3 Å². The van der Waals surface area contributed by atoms with Gasteiger partial charge in [0.25, 0.3) is 0 Å². The van der Waals surface area contributed by atoms with Crippen LogP contribution < -0.4 is 0 Å². The fraction of sp³-hybridized carbons (Fsp3) is 0. The summed E-state index contributed by atoms with van der Waals surface area (Å²) in [7, 11) is 0. The predicted molar refractivity (Wildman–Crippen MR) is 258 cm³/mol. The molecule has 0 aliphatic rings. The minimum atomic E-state index is 0.560. The lowest BCUT2D eigenvalue weighted by molar-refractivity contribution is 0.670. The molecule has 5 heteroatoms. The van der Waals surface area contributed by atoms with Crippen LogP contribution in [0.2, 0.25) is 0 Å². The molecule has 0 fully saturated rings. The third kappa shape index (κ3) is 6.18. The van der Waals surface area contributed by atoms with Gasteiger partial charge in [-0.05, 0) is 63.2 Å². The third-order valence-corrected chi connectivity index (χ3v) is 13.0. The average Bonchev–Trinajstić information content (AvgIpc) is 3.93. The Morgan fingerprint density at radius 1 is 0.290 bits per heavy atom. The monoisotopic (exact) mass is 809 g/mol. The summed E-state index contributed by atoms with van der Waals surface area (Å²) in [5, 5.41) is 4.44. The summed E-state index contributed by atoms with van der Waals surface area (Å²) >= 11 is 1.78. The van der Waals surface area contributed by atoms with Crippen LogP contribution in [0.3, 0.4) is 0 Å². The van der Waals surface area contributed by atoms with Gasteiger partial charge in [-0.3, -0.25) is 0 Å². The first kappa shape index (κ1) is 35.9. The Labute approximate surface area is 362 Å². The van der Waals surface area contributed by atoms with Crippen LogP contribution in [0.15, 0.2) is 217 Å². The molecule has 12 rings (SSSR count). The van der Waals surface area contributed by atoms with Crippen molar-refractivity contribution in [3.63, 3.8) is 0 Å². The van der Waals surface area contributed by atoms with E-state index in [1.54, 1.807) is 11.3 Å². The van der Waals surface area contributed by atoms with E-state index in [2.05, 4.69) is 188 Å². The molecule has 0 bridgehead atoms. The molecule has 0 amide bonds. The molecule has 3 aromatic heterocycles. The fourth-order valence-electron chi connectivity index (χ4n) is 8.78. The van der Waals surface area contributed by atoms with Crippen LogP contribution in [0.1, 0.15) is 0 Å². The van der Waals surface area contributed by atoms with Gasteiger partial charge in [-0.25, -0.2) is 15.0 Å². The summed E-state index contributed by atoms with van der Waals surface area (Å²) in [6.07, 6.45) is 0. The highest BCUT2D eigenvalue weighted by atomic mass is 32.1. The number of hydrogen-bond donors (Lipinski definition) is 0. The maximum Gasteiger partial charge on any atom is 0.167 e. The molecule has 0 N–H and O–H groups in total. The number of nitrogens with zero attached hydrogens (tertiary/aromatic N) is 3. The molecule has 0 aliphatic heterocycles. The van der Waals surface area contributed by atoms with Gasteiger partial charge in [0.2, 0.25) is 0 Å². The fourth-order valence-corrected chi connectivity index (χ4v) is 9.97. The van der Waals surface area contributed by atoms with Crippen molar-refractivity contribution in [2.75, 3.05) is 0 Å². The number of thiophene rings is 1. The van der Waals surface area contributed by atoms with E-state index < -0.39 is 0 Å². The Hall–Kier alpha value is -7.99. The first-order valence-corrected chi connectivity index (χ1v) is 21.6. The predicted octanol–water partition coefficient (Wildman–Crippen LogP) is 15.8. The highest BCUT2D eigenvalue weighted by molar-refractivity contribution is 7.26. The van der Waals surface area contributed by atoms with E-state index in [0.717, 1.165) is 54.5 Å². The van der Waals surface area contributed by atoms with Gasteiger partial charge in [-0.15, -0.1) is 11.3 Å². The Morgan fingerprint density at radius 2 is 0.742 bits per heavy atom. The van der Waals surface area contributed by atoms with Gasteiger partial charge in [0, 0.05) is 47.6 Å². The number of rotatable bonds is 7. The van der Waals surface area contributed by atoms with Crippen LogP contribution in [-0.2, 0) is 0 Å². The molecule has 0 saturated heterocycles. The first-order chi connectivity index (χ1) is 30.7. The quantitative estimate of drug-likeness (QED) is 0.161. The van der Waals surface area contributed by atoms with Crippen molar-refractivity contribution in [2.45, 2.75) is 0 Å². The van der Waals surface area contributed by atoms with Crippen molar-refractivity contribution in [3.8, 4) is 78.7 Å². The third-order valence-electron chi connectivity index (χ3n) is 11.8. The standard InChI is InChI=1S/C57H35N3OS/c1-4-15-36(16-5-1)37-29-31-39(32-30-37)44-23-12-24-45-46-25-13-27-48(53(46)61-52(44)45)56-58-55(40-19-8-3-9-20-40)59-57(60-56)49-28-14-26-47-50-35-41(33-34-51(50)62-54(47)49)43-22-11-10-21-42(43)38-17-6-2-7-18-38/h1-35H. The molecule has 0 radical (unpaired) electrons. The molecule has 290 valence electrons. The van der Waals surface area contributed by atoms with Gasteiger partial charge in [0.15, 0.2) is 17.5 Å². The molecule has 0 atom stereocenters. The number of hydrogen-bond acceptors (Lipinski definition) is 5. The zero-order chi connectivity index (χ0) is 41.0. The highest BCUT2D eigenvalue weighted by Crippen LogP contribution is 2.44. The average molecular weight is 810 g/mol. The summed E-state index contributed by atoms with van der Waals surface area (Å²) in [5.41, 5.74) is 13.6. The summed E-state index contributed by atoms with van der Waals surface area (Å²) in [6.45, 7) is 0. The largest absolute Gasteiger partial charge is 0.455 e. The summed E-state index contributed by atoms with van der Waals surface area (Å²) in [6, 6.07) is 74.5. The topological polar surface area (TPSA) is 51.8 Å². The van der Waals surface area contributed by atoms with Crippen molar-refractivity contribution >= 4 is 53.4 Å². The normalized spacial score (nSPS) is 11.5. The van der Waals surface area contributed by atoms with Crippen molar-refractivity contribution < 1.29 is 4.42 Å². The van der Waals surface area contributed by atoms with E-state index in [0.29, 0.717) is 17.5 Å². The molecular formula is C57H35N3OS. The molecular weight excluding hydrogens is 775 g/mol. The van der Waals surface area contributed by atoms with Crippen LogP contribution in [0.4, 0.5) is 0 Å². The maximum atomic E-state index is 6.93. The molecule has 0 saturated carbocycles. The number of benzene rings is 9. The van der Waals surface area contributed by atoms with Gasteiger partial charge < -0.3 is 4.42 Å². The molecule has 62 heavy (non-hydrogen) atoms. The van der Waals surface area contributed by atoms with E-state index in [4.69, 9.17) is 19.4 Å². The molecule has 0 spiro atoms. The zero-order valence-electron chi connectivity index (χ0n) is 33.4. The van der Waals surface area contributed by atoms with Crippen LogP contribution in [-0.4, -0.2) is 15.0 Å². The van der Waals surface area contributed by atoms with Crippen molar-refractivity contribution in [1.29, 1.82) is 0 Å². The number of aromatic nitrogens is 3. The second kappa shape index (κ2) is 14.9. The number of fused-ring (bicyclic) bond motifs is 6. The molecule has 4 nitrogen and oxygen atoms in total. The van der Waals surface area contributed by atoms with Gasteiger partial charge in [0.05, 0.1) is 5.56 Å². The summed E-state index contributed by atoms with van der Waals surface area (Å²) in [4.78, 5) is 15.6. The Kier molecular flexibility index (Phi) is 8.65. The van der Waals surface area contributed by atoms with Crippen LogP contribution in [0, 0.1) is 0 Å². The number of para-hydroxylation sites is 2. The van der Waals surface area contributed by atoms with Gasteiger partial charge in [-0.1, -0.05) is 188 Å². The van der Waals surface area contributed by atoms with Crippen molar-refractivity contribution in [1.82, 2.24) is 15.0 Å². The maximum absolute atomic E-state index is 6.93. The summed E-state index contributed by atoms with van der Waals surface area (Å²) < 4.78 is 9.27. The summed E-state index contributed by atoms with van der Waals surface area (Å²) in [5.74, 6) is 1.79. The van der Waals surface area contributed by atoms with Gasteiger partial charge in [0.1, 0.15) is 11.2 Å². The van der Waals surface area contributed by atoms with E-state index in [-0.39, 0.29) is 0 Å². The number of furan rings is 1. The van der Waals surface area contributed by atoms with Crippen LogP contribution in [0.25, 0.3) is 121 Å². The Bertz CT molecular complexity index is 3610. The van der Waals surface area contributed by atoms with Crippen molar-refractivity contribution in [2.24, 2.45) is 0 Å². The smallest absolute Gasteiger partial charge is 0.167 e. The molecule has 3 heterocycles. The molecule has 0 unspecified atom stereocenters. The Morgan fingerprint density at radius 3 is 1.44 bits per heavy atom. The SMILES string of the molecule is c1ccc(-c2ccc(-c3cccc4c3oc3c(-c5nc(-c6ccccc6)nc(-c6cccc7c6sc6ccc(-c8ccccc8-c8ccccc8)cc67)n5)cccc34)cc2)cc1. The lowest BCUT2D eigenvalue weighted by Crippen LogP contribution is -2.00. The second-order valence-electron chi connectivity index (χ2n) is 15.5. The van der Waals surface area contributed by atoms with Crippen LogP contribution >= 0.6 is 11.3 Å². The van der Waals surface area contributed by atoms with Crippen LogP contribution in [0.5, 0.6) is 0 Å².